The van der Waals surface area contributed by atoms with Crippen molar-refractivity contribution in [3.8, 4) is 0 Å². The summed E-state index contributed by atoms with van der Waals surface area (Å²) in [5.41, 5.74) is 0. The van der Waals surface area contributed by atoms with Gasteiger partial charge in [0.15, 0.2) is 0 Å². The van der Waals surface area contributed by atoms with Crippen LogP contribution in [0, 0.1) is 0 Å². The maximum atomic E-state index is 9.58. The molecular formula is C12H20N2O15Zr. The summed E-state index contributed by atoms with van der Waals surface area (Å²) in [4.78, 5) is 57.4. The summed E-state index contributed by atoms with van der Waals surface area (Å²) in [6, 6.07) is 0. The maximum Gasteiger partial charge on any atom is 4.00 e. The second-order valence-corrected chi connectivity index (χ2v) is 4.23. The number of hydrogen-bond acceptors (Lipinski definition) is 15. The number of carboxylic acids is 6. The number of carbonyl (C=O) groups excluding carboxylic acids is 6. The van der Waals surface area contributed by atoms with E-state index in [1.807, 2.05) is 0 Å². The normalized spacial score (nSPS) is 11.3. The van der Waals surface area contributed by atoms with Crippen molar-refractivity contribution in [3.05, 3.63) is 0 Å². The summed E-state index contributed by atoms with van der Waals surface area (Å²) in [7, 11) is 0. The summed E-state index contributed by atoms with van der Waals surface area (Å²) in [6.07, 6.45) is -8.67. The molecule has 0 radical (unpaired) electrons. The molecule has 30 heavy (non-hydrogen) atoms. The standard InChI is InChI=1S/3C4H6O5.2H3N.Zr/c3*5-2(4(8)9)1-3(6)7;;;/h3*2,5H,1H2,(H,6,7)(H,8,9);2*1H3;/q;;;;;+4/p-4. The first-order valence-corrected chi connectivity index (χ1v) is 6.38. The van der Waals surface area contributed by atoms with E-state index in [1.165, 1.54) is 0 Å². The van der Waals surface area contributed by atoms with E-state index in [0.29, 0.717) is 0 Å². The number of rotatable bonds is 9. The van der Waals surface area contributed by atoms with E-state index in [-0.39, 0.29) is 38.5 Å². The Bertz CT molecular complexity index is 480. The Balaban J connectivity index is -0.0000000686. The van der Waals surface area contributed by atoms with Gasteiger partial charge in [0, 0.05) is 37.2 Å². The van der Waals surface area contributed by atoms with Crippen LogP contribution in [0.15, 0.2) is 0 Å². The minimum absolute atomic E-state index is 0. The smallest absolute Gasteiger partial charge is 0.550 e. The van der Waals surface area contributed by atoms with Gasteiger partial charge >= 0.3 is 26.2 Å². The van der Waals surface area contributed by atoms with E-state index >= 15 is 0 Å². The molecule has 11 N–H and O–H groups in total. The van der Waals surface area contributed by atoms with Gasteiger partial charge in [-0.05, 0) is 0 Å². The predicted octanol–water partition coefficient (Wildman–Crippen LogP) is -10.5. The van der Waals surface area contributed by atoms with Crippen LogP contribution in [0.3, 0.4) is 0 Å². The number of aliphatic carboxylic acids is 6. The van der Waals surface area contributed by atoms with Crippen LogP contribution < -0.4 is 42.9 Å². The molecule has 0 saturated carbocycles. The summed E-state index contributed by atoms with van der Waals surface area (Å²) < 4.78 is 0. The third-order valence-corrected chi connectivity index (χ3v) is 1.90. The maximum absolute atomic E-state index is 9.58. The Morgan fingerprint density at radius 1 is 0.500 bits per heavy atom. The molecule has 172 valence electrons. The van der Waals surface area contributed by atoms with Gasteiger partial charge in [0.1, 0.15) is 0 Å². The van der Waals surface area contributed by atoms with Gasteiger partial charge in [-0.3, -0.25) is 0 Å². The minimum Gasteiger partial charge on any atom is -0.550 e. The number of carbonyl (C=O) groups is 6. The van der Waals surface area contributed by atoms with Crippen molar-refractivity contribution < 1.29 is 101 Å². The zero-order valence-corrected chi connectivity index (χ0v) is 18.1. The molecule has 0 amide bonds. The van der Waals surface area contributed by atoms with Crippen LogP contribution in [-0.4, -0.2) is 69.4 Å². The molecule has 0 bridgehead atoms. The molecule has 3 unspecified atom stereocenters. The van der Waals surface area contributed by atoms with Crippen LogP contribution in [0.2, 0.25) is 0 Å². The van der Waals surface area contributed by atoms with E-state index in [2.05, 4.69) is 0 Å². The first-order valence-electron chi connectivity index (χ1n) is 6.38. The first-order chi connectivity index (χ1) is 12.1. The summed E-state index contributed by atoms with van der Waals surface area (Å²) in [6.45, 7) is 0. The Labute approximate surface area is 186 Å². The number of quaternary nitrogens is 2. The quantitative estimate of drug-likeness (QED) is 0.187. The zero-order valence-electron chi connectivity index (χ0n) is 15.6. The van der Waals surface area contributed by atoms with Gasteiger partial charge in [-0.25, -0.2) is 0 Å². The van der Waals surface area contributed by atoms with Crippen LogP contribution in [0.1, 0.15) is 19.3 Å². The Morgan fingerprint density at radius 3 is 0.667 bits per heavy atom. The Hall–Kier alpha value is -2.50. The monoisotopic (exact) mass is 522 g/mol. The van der Waals surface area contributed by atoms with Gasteiger partial charge in [0.25, 0.3) is 0 Å². The molecule has 18 heteroatoms. The molecule has 17 nitrogen and oxygen atoms in total. The van der Waals surface area contributed by atoms with E-state index in [0.717, 1.165) is 0 Å². The van der Waals surface area contributed by atoms with Gasteiger partial charge in [-0.2, -0.15) is 0 Å². The molecule has 0 fully saturated rings. The second-order valence-electron chi connectivity index (χ2n) is 4.23. The van der Waals surface area contributed by atoms with Crippen molar-refractivity contribution >= 4 is 35.8 Å². The molecule has 0 saturated heterocycles. The van der Waals surface area contributed by atoms with Crippen LogP contribution in [0.25, 0.3) is 0 Å². The topological polar surface area (TPSA) is 374 Å². The Kier molecular flexibility index (Phi) is 31.7. The van der Waals surface area contributed by atoms with Crippen LogP contribution >= 0.6 is 0 Å². The molecule has 0 aromatic heterocycles. The van der Waals surface area contributed by atoms with Gasteiger partial charge in [-0.15, -0.1) is 0 Å². The molecule has 0 aliphatic rings. The summed E-state index contributed by atoms with van der Waals surface area (Å²) in [5, 5.41) is 82.0. The molecule has 0 aromatic rings. The fourth-order valence-corrected chi connectivity index (χ4v) is 0.724. The average Bonchev–Trinajstić information content (AvgIpc) is 2.46. The SMILES string of the molecule is O=C([O-])CC(O)C(=O)[O-].O=C([O-])CC(O)C(=O)[O-].O=C([O-])CC(O)C(=O)[O-].[NH4+].[NH4+].[Zr+4]. The molecule has 0 aliphatic carbocycles. The van der Waals surface area contributed by atoms with Crippen molar-refractivity contribution in [1.82, 2.24) is 12.3 Å². The molecule has 3 atom stereocenters. The molecule has 0 aromatic carbocycles. The first kappa shape index (κ1) is 41.8. The summed E-state index contributed by atoms with van der Waals surface area (Å²) in [5.74, 6) is -10.3. The molecule has 0 rings (SSSR count). The van der Waals surface area contributed by atoms with Gasteiger partial charge in [-0.1, -0.05) is 0 Å². The van der Waals surface area contributed by atoms with Crippen LogP contribution in [0.4, 0.5) is 0 Å². The van der Waals surface area contributed by atoms with E-state index in [4.69, 9.17) is 15.3 Å². The van der Waals surface area contributed by atoms with Gasteiger partial charge in [0.05, 0.1) is 36.2 Å². The number of aliphatic hydroxyl groups is 3. The van der Waals surface area contributed by atoms with Crippen molar-refractivity contribution in [2.24, 2.45) is 0 Å². The average molecular weight is 524 g/mol. The van der Waals surface area contributed by atoms with E-state index in [1.54, 1.807) is 0 Å². The summed E-state index contributed by atoms with van der Waals surface area (Å²) >= 11 is 0. The zero-order chi connectivity index (χ0) is 22.3. The minimum atomic E-state index is -1.96. The van der Waals surface area contributed by atoms with Crippen molar-refractivity contribution in [2.45, 2.75) is 37.6 Å². The van der Waals surface area contributed by atoms with Crippen molar-refractivity contribution in [3.63, 3.8) is 0 Å². The molecular weight excluding hydrogens is 503 g/mol. The molecule has 0 heterocycles. The largest absolute Gasteiger partial charge is 4.00 e. The predicted molar refractivity (Wildman–Crippen MR) is 73.9 cm³/mol. The molecule has 0 spiro atoms. The Morgan fingerprint density at radius 2 is 0.633 bits per heavy atom. The number of carboxylic acid groups (broad SMARTS) is 6. The number of aliphatic hydroxyl groups excluding tert-OH is 3. The van der Waals surface area contributed by atoms with Crippen LogP contribution in [0.5, 0.6) is 0 Å². The molecule has 0 aliphatic heterocycles. The van der Waals surface area contributed by atoms with Crippen LogP contribution in [-0.2, 0) is 55.0 Å². The van der Waals surface area contributed by atoms with Gasteiger partial charge in [0.2, 0.25) is 0 Å². The van der Waals surface area contributed by atoms with Crippen molar-refractivity contribution in [1.29, 1.82) is 0 Å². The van der Waals surface area contributed by atoms with E-state index < -0.39 is 73.4 Å². The fourth-order valence-electron chi connectivity index (χ4n) is 0.724. The number of hydrogen-bond donors (Lipinski definition) is 5. The van der Waals surface area contributed by atoms with Gasteiger partial charge < -0.3 is 87.0 Å². The third kappa shape index (κ3) is 33.1. The van der Waals surface area contributed by atoms with E-state index in [9.17, 15) is 59.4 Å². The third-order valence-electron chi connectivity index (χ3n) is 1.90. The second kappa shape index (κ2) is 22.8. The fraction of sp³-hybridized carbons (Fsp3) is 0.500. The van der Waals surface area contributed by atoms with Crippen molar-refractivity contribution in [2.75, 3.05) is 0 Å².